The Labute approximate surface area is 200 Å². The third kappa shape index (κ3) is 3.55. The summed E-state index contributed by atoms with van der Waals surface area (Å²) in [7, 11) is 0. The zero-order valence-corrected chi connectivity index (χ0v) is 19.0. The molecule has 6 heterocycles. The van der Waals surface area contributed by atoms with E-state index in [0.29, 0.717) is 28.6 Å². The van der Waals surface area contributed by atoms with E-state index in [2.05, 4.69) is 47.9 Å². The summed E-state index contributed by atoms with van der Waals surface area (Å²) in [5.74, 6) is 0.541. The summed E-state index contributed by atoms with van der Waals surface area (Å²) < 4.78 is 0. The molecule has 0 atom stereocenters. The second-order valence-electron chi connectivity index (χ2n) is 9.47. The monoisotopic (exact) mass is 464 g/mol. The highest BCUT2D eigenvalue weighted by atomic mass is 16.1. The van der Waals surface area contributed by atoms with Gasteiger partial charge < -0.3 is 15.6 Å². The van der Waals surface area contributed by atoms with Crippen molar-refractivity contribution in [2.75, 3.05) is 0 Å². The number of amides is 1. The van der Waals surface area contributed by atoms with Crippen LogP contribution in [-0.4, -0.2) is 48.1 Å². The molecule has 4 N–H and O–H groups in total. The molecular formula is C26H24N8O. The number of rotatable bonds is 0. The number of nitrogens with zero attached hydrogens (tertiary/aromatic N) is 4. The Morgan fingerprint density at radius 2 is 1.80 bits per heavy atom. The highest BCUT2D eigenvalue weighted by molar-refractivity contribution is 6.06. The van der Waals surface area contributed by atoms with Gasteiger partial charge in [-0.15, -0.1) is 0 Å². The first-order valence-electron chi connectivity index (χ1n) is 12.0. The van der Waals surface area contributed by atoms with Gasteiger partial charge in [-0.3, -0.25) is 14.9 Å². The average Bonchev–Trinajstić information content (AvgIpc) is 3.51. The molecule has 1 aliphatic carbocycles. The van der Waals surface area contributed by atoms with Crippen LogP contribution >= 0.6 is 0 Å². The van der Waals surface area contributed by atoms with Crippen LogP contribution in [0.1, 0.15) is 41.6 Å². The van der Waals surface area contributed by atoms with E-state index in [9.17, 15) is 4.79 Å². The first-order chi connectivity index (χ1) is 17.2. The second kappa shape index (κ2) is 7.99. The minimum atomic E-state index is -0.0801. The van der Waals surface area contributed by atoms with Crippen molar-refractivity contribution in [2.24, 2.45) is 0 Å². The van der Waals surface area contributed by atoms with Gasteiger partial charge in [0.2, 0.25) is 0 Å². The fourth-order valence-electron chi connectivity index (χ4n) is 5.28. The Morgan fingerprint density at radius 3 is 2.71 bits per heavy atom. The molecule has 3 aliphatic rings. The molecule has 0 radical (unpaired) electrons. The van der Waals surface area contributed by atoms with E-state index in [4.69, 9.17) is 4.98 Å². The maximum absolute atomic E-state index is 13.2. The number of pyridine rings is 2. The van der Waals surface area contributed by atoms with Gasteiger partial charge in [-0.2, -0.15) is 5.10 Å². The number of aromatic amines is 2. The number of para-hydroxylation sites is 1. The predicted octanol–water partition coefficient (Wildman–Crippen LogP) is 3.71. The number of benzene rings is 1. The number of hydrogen-bond acceptors (Lipinski definition) is 6. The van der Waals surface area contributed by atoms with Crippen molar-refractivity contribution in [3.8, 4) is 22.6 Å². The topological polar surface area (TPSA) is 124 Å². The lowest BCUT2D eigenvalue weighted by atomic mass is 9.90. The lowest BCUT2D eigenvalue weighted by molar-refractivity contribution is 0.0925. The van der Waals surface area contributed by atoms with E-state index >= 15 is 0 Å². The van der Waals surface area contributed by atoms with Gasteiger partial charge in [0.1, 0.15) is 11.2 Å². The molecule has 1 amide bonds. The average molecular weight is 465 g/mol. The molecule has 4 aromatic heterocycles. The number of hydrogen-bond donors (Lipinski definition) is 4. The van der Waals surface area contributed by atoms with Gasteiger partial charge in [-0.05, 0) is 55.5 Å². The summed E-state index contributed by atoms with van der Waals surface area (Å²) in [5, 5.41) is 15.2. The van der Waals surface area contributed by atoms with Crippen LogP contribution < -0.4 is 10.6 Å². The quantitative estimate of drug-likeness (QED) is 0.277. The SMILES string of the molecule is O=C1NC2CCC(CC2)NCc2cncc(c2)-c2cnc3n[nH]c(c3c2)-c2nc3c1cccc3[nH]2. The molecule has 9 nitrogen and oxygen atoms in total. The van der Waals surface area contributed by atoms with Crippen LogP contribution in [0.25, 0.3) is 44.7 Å². The fourth-order valence-corrected chi connectivity index (χ4v) is 5.28. The molecule has 0 unspecified atom stereocenters. The van der Waals surface area contributed by atoms with Gasteiger partial charge >= 0.3 is 0 Å². The fraction of sp³-hybridized carbons (Fsp3) is 0.269. The van der Waals surface area contributed by atoms with Gasteiger partial charge in [0.25, 0.3) is 5.91 Å². The predicted molar refractivity (Wildman–Crippen MR) is 133 cm³/mol. The van der Waals surface area contributed by atoms with E-state index in [1.165, 1.54) is 0 Å². The van der Waals surface area contributed by atoms with Gasteiger partial charge in [0.15, 0.2) is 11.5 Å². The normalized spacial score (nSPS) is 20.2. The highest BCUT2D eigenvalue weighted by Crippen LogP contribution is 2.30. The van der Waals surface area contributed by atoms with Crippen molar-refractivity contribution in [3.05, 3.63) is 60.0 Å². The molecule has 5 aromatic rings. The lowest BCUT2D eigenvalue weighted by Crippen LogP contribution is -2.42. The van der Waals surface area contributed by atoms with Gasteiger partial charge in [-0.1, -0.05) is 6.07 Å². The van der Waals surface area contributed by atoms with Crippen LogP contribution in [-0.2, 0) is 6.54 Å². The smallest absolute Gasteiger partial charge is 0.253 e. The summed E-state index contributed by atoms with van der Waals surface area (Å²) in [4.78, 5) is 30.5. The van der Waals surface area contributed by atoms with Crippen molar-refractivity contribution in [3.63, 3.8) is 0 Å². The number of carbonyl (C=O) groups excluding carboxylic acids is 1. The number of imidazole rings is 1. The summed E-state index contributed by atoms with van der Waals surface area (Å²) in [5.41, 5.74) is 6.48. The van der Waals surface area contributed by atoms with Gasteiger partial charge in [-0.25, -0.2) is 9.97 Å². The van der Waals surface area contributed by atoms with Gasteiger partial charge in [0, 0.05) is 48.3 Å². The van der Waals surface area contributed by atoms with Crippen molar-refractivity contribution in [1.82, 2.24) is 40.8 Å². The molecule has 9 heteroatoms. The van der Waals surface area contributed by atoms with Crippen molar-refractivity contribution >= 4 is 28.0 Å². The molecule has 1 aromatic carbocycles. The molecule has 174 valence electrons. The maximum atomic E-state index is 13.2. The van der Waals surface area contributed by atoms with E-state index in [0.717, 1.165) is 65.5 Å². The van der Waals surface area contributed by atoms with Crippen LogP contribution in [0.15, 0.2) is 48.9 Å². The van der Waals surface area contributed by atoms with Crippen molar-refractivity contribution in [2.45, 2.75) is 44.3 Å². The number of aromatic nitrogens is 6. The Bertz CT molecular complexity index is 1580. The molecule has 1 saturated carbocycles. The Balaban J connectivity index is 1.40. The minimum Gasteiger partial charge on any atom is -0.349 e. The zero-order valence-electron chi connectivity index (χ0n) is 19.0. The molecule has 35 heavy (non-hydrogen) atoms. The van der Waals surface area contributed by atoms with E-state index in [-0.39, 0.29) is 11.9 Å². The van der Waals surface area contributed by atoms with Crippen molar-refractivity contribution < 1.29 is 4.79 Å². The molecule has 8 rings (SSSR count). The summed E-state index contributed by atoms with van der Waals surface area (Å²) in [6.07, 6.45) is 9.55. The first-order valence-corrected chi connectivity index (χ1v) is 12.0. The lowest BCUT2D eigenvalue weighted by Gasteiger charge is -2.30. The van der Waals surface area contributed by atoms with Crippen LogP contribution in [0.4, 0.5) is 0 Å². The highest BCUT2D eigenvalue weighted by Gasteiger charge is 2.24. The number of carbonyl (C=O) groups is 1. The summed E-state index contributed by atoms with van der Waals surface area (Å²) >= 11 is 0. The Morgan fingerprint density at radius 1 is 0.943 bits per heavy atom. The third-order valence-corrected chi connectivity index (χ3v) is 7.19. The van der Waals surface area contributed by atoms with Crippen LogP contribution in [0, 0.1) is 0 Å². The van der Waals surface area contributed by atoms with E-state index < -0.39 is 0 Å². The van der Waals surface area contributed by atoms with Crippen LogP contribution in [0.3, 0.4) is 0 Å². The summed E-state index contributed by atoms with van der Waals surface area (Å²) in [6.45, 7) is 0.756. The standard InChI is InChI=1S/C26H24N8O/c35-26-19-2-1-3-21-22(19)32-25(31-21)23-20-9-16(13-29-24(20)34-33-23)15-8-14(10-27-12-15)11-28-17-4-6-18(30-26)7-5-17/h1-3,8-10,12-13,17-18,28H,4-7,11H2,(H,30,35)(H,31,32)(H,29,33,34). The molecule has 1 fully saturated rings. The third-order valence-electron chi connectivity index (χ3n) is 7.19. The first kappa shape index (κ1) is 20.3. The Kier molecular flexibility index (Phi) is 4.63. The van der Waals surface area contributed by atoms with Crippen molar-refractivity contribution in [1.29, 1.82) is 0 Å². The zero-order chi connectivity index (χ0) is 23.4. The van der Waals surface area contributed by atoms with Crippen LogP contribution in [0.5, 0.6) is 0 Å². The van der Waals surface area contributed by atoms with E-state index in [1.54, 1.807) is 0 Å². The summed E-state index contributed by atoms with van der Waals surface area (Å²) in [6, 6.07) is 10.5. The number of fused-ring (bicyclic) bond motifs is 4. The molecule has 0 saturated heterocycles. The minimum absolute atomic E-state index is 0.0801. The number of nitrogens with one attached hydrogen (secondary N) is 4. The Hall–Kier alpha value is -4.11. The molecule has 8 bridgehead atoms. The number of H-pyrrole nitrogens is 2. The maximum Gasteiger partial charge on any atom is 0.253 e. The largest absolute Gasteiger partial charge is 0.349 e. The van der Waals surface area contributed by atoms with Crippen LogP contribution in [0.2, 0.25) is 0 Å². The van der Waals surface area contributed by atoms with E-state index in [1.807, 2.05) is 36.8 Å². The molecule has 2 aliphatic heterocycles. The second-order valence-corrected chi connectivity index (χ2v) is 9.47. The molecular weight excluding hydrogens is 440 g/mol. The molecule has 0 spiro atoms. The van der Waals surface area contributed by atoms with Gasteiger partial charge in [0.05, 0.1) is 16.5 Å².